The molecule has 1 fully saturated rings. The highest BCUT2D eigenvalue weighted by Crippen LogP contribution is 2.38. The lowest BCUT2D eigenvalue weighted by Gasteiger charge is -2.06. The Morgan fingerprint density at radius 1 is 1.29 bits per heavy atom. The molecular formula is C18H20N4O2. The highest BCUT2D eigenvalue weighted by molar-refractivity contribution is 5.93. The molecule has 1 aromatic carbocycles. The van der Waals surface area contributed by atoms with Gasteiger partial charge in [0, 0.05) is 19.5 Å². The molecule has 24 heavy (non-hydrogen) atoms. The van der Waals surface area contributed by atoms with E-state index in [9.17, 15) is 4.79 Å². The summed E-state index contributed by atoms with van der Waals surface area (Å²) >= 11 is 0. The Labute approximate surface area is 139 Å². The van der Waals surface area contributed by atoms with E-state index in [1.165, 1.54) is 18.4 Å². The van der Waals surface area contributed by atoms with E-state index < -0.39 is 0 Å². The molecule has 0 unspecified atom stereocenters. The lowest BCUT2D eigenvalue weighted by atomic mass is 10.2. The Morgan fingerprint density at radius 3 is 2.75 bits per heavy atom. The van der Waals surface area contributed by atoms with Gasteiger partial charge in [0.25, 0.3) is 5.91 Å². The first-order valence-corrected chi connectivity index (χ1v) is 8.22. The zero-order valence-corrected chi connectivity index (χ0v) is 14.1. The molecule has 0 radical (unpaired) electrons. The third kappa shape index (κ3) is 2.58. The highest BCUT2D eigenvalue weighted by atomic mass is 16.4. The van der Waals surface area contributed by atoms with E-state index in [-0.39, 0.29) is 5.91 Å². The first kappa shape index (κ1) is 14.9. The minimum atomic E-state index is -0.218. The summed E-state index contributed by atoms with van der Waals surface area (Å²) < 4.78 is 7.62. The van der Waals surface area contributed by atoms with Crippen molar-refractivity contribution in [1.82, 2.24) is 19.9 Å². The predicted molar refractivity (Wildman–Crippen MR) is 89.9 cm³/mol. The average molecular weight is 324 g/mol. The number of benzene rings is 1. The third-order valence-electron chi connectivity index (χ3n) is 4.41. The Hall–Kier alpha value is -2.63. The van der Waals surface area contributed by atoms with E-state index in [0.29, 0.717) is 29.9 Å². The van der Waals surface area contributed by atoms with E-state index in [2.05, 4.69) is 32.8 Å². The fraction of sp³-hybridized carbons (Fsp3) is 0.389. The van der Waals surface area contributed by atoms with Crippen LogP contribution in [-0.4, -0.2) is 20.4 Å². The molecule has 1 saturated carbocycles. The lowest BCUT2D eigenvalue weighted by Crippen LogP contribution is -2.23. The van der Waals surface area contributed by atoms with Gasteiger partial charge in [0.15, 0.2) is 11.6 Å². The number of carbonyl (C=O) groups excluding carboxylic acids is 1. The maximum atomic E-state index is 12.2. The molecule has 6 nitrogen and oxygen atoms in total. The Kier molecular flexibility index (Phi) is 3.40. The fourth-order valence-electron chi connectivity index (χ4n) is 3.17. The molecular weight excluding hydrogens is 304 g/mol. The van der Waals surface area contributed by atoms with Crippen LogP contribution in [0.25, 0.3) is 11.0 Å². The van der Waals surface area contributed by atoms with Crippen LogP contribution >= 0.6 is 0 Å². The van der Waals surface area contributed by atoms with Crippen molar-refractivity contribution < 1.29 is 9.21 Å². The van der Waals surface area contributed by atoms with Gasteiger partial charge in [-0.25, -0.2) is 9.97 Å². The quantitative estimate of drug-likeness (QED) is 0.800. The summed E-state index contributed by atoms with van der Waals surface area (Å²) in [5.41, 5.74) is 3.53. The first-order chi connectivity index (χ1) is 11.5. The molecule has 0 aliphatic heterocycles. The highest BCUT2D eigenvalue weighted by Gasteiger charge is 2.26. The molecule has 4 rings (SSSR count). The number of carbonyl (C=O) groups is 1. The number of amides is 1. The van der Waals surface area contributed by atoms with Crippen LogP contribution < -0.4 is 5.32 Å². The smallest absolute Gasteiger partial charge is 0.273 e. The van der Waals surface area contributed by atoms with Crippen molar-refractivity contribution in [2.75, 3.05) is 0 Å². The van der Waals surface area contributed by atoms with Crippen LogP contribution in [0.4, 0.5) is 0 Å². The van der Waals surface area contributed by atoms with Crippen molar-refractivity contribution in [2.45, 2.75) is 46.2 Å². The summed E-state index contributed by atoms with van der Waals surface area (Å²) in [5.74, 6) is 1.88. The summed E-state index contributed by atoms with van der Waals surface area (Å²) in [6.45, 7) is 5.97. The molecule has 124 valence electrons. The molecule has 1 aliphatic carbocycles. The Bertz CT molecular complexity index is 934. The molecule has 0 atom stereocenters. The molecule has 6 heteroatoms. The largest absolute Gasteiger partial charge is 0.445 e. The number of hydrogen-bond acceptors (Lipinski definition) is 4. The topological polar surface area (TPSA) is 73.0 Å². The van der Waals surface area contributed by atoms with E-state index in [1.54, 1.807) is 13.8 Å². The van der Waals surface area contributed by atoms with Crippen LogP contribution in [0.15, 0.2) is 22.6 Å². The van der Waals surface area contributed by atoms with Crippen LogP contribution in [0.3, 0.4) is 0 Å². The van der Waals surface area contributed by atoms with E-state index in [0.717, 1.165) is 16.9 Å². The Balaban J connectivity index is 1.52. The summed E-state index contributed by atoms with van der Waals surface area (Å²) in [7, 11) is 0. The number of aromatic nitrogens is 3. The maximum absolute atomic E-state index is 12.2. The molecule has 2 heterocycles. The SMILES string of the molecule is Cc1nc(C(=O)NCc2ccc3c(c2)nc(C)n3C2CC2)c(C)o1. The number of aryl methyl sites for hydroxylation is 3. The number of hydrogen-bond donors (Lipinski definition) is 1. The molecule has 1 aliphatic rings. The van der Waals surface area contributed by atoms with Gasteiger partial charge in [-0.05, 0) is 44.4 Å². The molecule has 2 aromatic heterocycles. The second kappa shape index (κ2) is 5.47. The number of nitrogens with one attached hydrogen (secondary N) is 1. The normalized spacial score (nSPS) is 14.3. The van der Waals surface area contributed by atoms with E-state index in [1.807, 2.05) is 12.1 Å². The van der Waals surface area contributed by atoms with Crippen molar-refractivity contribution in [3.05, 3.63) is 46.9 Å². The van der Waals surface area contributed by atoms with Gasteiger partial charge in [-0.2, -0.15) is 0 Å². The summed E-state index contributed by atoms with van der Waals surface area (Å²) in [6, 6.07) is 6.80. The minimum absolute atomic E-state index is 0.218. The average Bonchev–Trinajstić information content (AvgIpc) is 3.23. The van der Waals surface area contributed by atoms with Crippen molar-refractivity contribution in [3.63, 3.8) is 0 Å². The number of nitrogens with zero attached hydrogens (tertiary/aromatic N) is 3. The van der Waals surface area contributed by atoms with E-state index in [4.69, 9.17) is 4.42 Å². The van der Waals surface area contributed by atoms with Crippen LogP contribution in [-0.2, 0) is 6.54 Å². The van der Waals surface area contributed by atoms with Gasteiger partial charge in [0.2, 0.25) is 0 Å². The van der Waals surface area contributed by atoms with Crippen molar-refractivity contribution >= 4 is 16.9 Å². The summed E-state index contributed by atoms with van der Waals surface area (Å²) in [6.07, 6.45) is 2.47. The molecule has 0 bridgehead atoms. The van der Waals surface area contributed by atoms with Crippen LogP contribution in [0.1, 0.15) is 52.4 Å². The summed E-state index contributed by atoms with van der Waals surface area (Å²) in [4.78, 5) is 21.0. The number of oxazole rings is 1. The summed E-state index contributed by atoms with van der Waals surface area (Å²) in [5, 5.41) is 2.89. The van der Waals surface area contributed by atoms with Gasteiger partial charge in [-0.15, -0.1) is 0 Å². The van der Waals surface area contributed by atoms with Crippen LogP contribution in [0.2, 0.25) is 0 Å². The van der Waals surface area contributed by atoms with Gasteiger partial charge in [-0.1, -0.05) is 6.07 Å². The van der Waals surface area contributed by atoms with Gasteiger partial charge >= 0.3 is 0 Å². The van der Waals surface area contributed by atoms with E-state index >= 15 is 0 Å². The molecule has 3 aromatic rings. The zero-order chi connectivity index (χ0) is 16.8. The fourth-order valence-corrected chi connectivity index (χ4v) is 3.17. The van der Waals surface area contributed by atoms with Crippen LogP contribution in [0.5, 0.6) is 0 Å². The molecule has 0 spiro atoms. The predicted octanol–water partition coefficient (Wildman–Crippen LogP) is 3.21. The van der Waals surface area contributed by atoms with Gasteiger partial charge in [-0.3, -0.25) is 4.79 Å². The second-order valence-corrected chi connectivity index (χ2v) is 6.40. The van der Waals surface area contributed by atoms with Crippen LogP contribution in [0, 0.1) is 20.8 Å². The maximum Gasteiger partial charge on any atom is 0.273 e. The minimum Gasteiger partial charge on any atom is -0.445 e. The monoisotopic (exact) mass is 324 g/mol. The third-order valence-corrected chi connectivity index (χ3v) is 4.41. The standard InChI is InChI=1S/C18H20N4O2/c1-10-17(21-12(3)24-10)18(23)19-9-13-4-7-16-15(8-13)20-11(2)22(16)14-5-6-14/h4,7-8,14H,5-6,9H2,1-3H3,(H,19,23). The van der Waals surface area contributed by atoms with Gasteiger partial charge in [0.05, 0.1) is 11.0 Å². The van der Waals surface area contributed by atoms with Crippen molar-refractivity contribution in [1.29, 1.82) is 0 Å². The number of rotatable bonds is 4. The lowest BCUT2D eigenvalue weighted by molar-refractivity contribution is 0.0945. The van der Waals surface area contributed by atoms with Crippen molar-refractivity contribution in [2.24, 2.45) is 0 Å². The zero-order valence-electron chi connectivity index (χ0n) is 14.1. The molecule has 0 saturated heterocycles. The number of fused-ring (bicyclic) bond motifs is 1. The van der Waals surface area contributed by atoms with Gasteiger partial charge < -0.3 is 14.3 Å². The molecule has 1 amide bonds. The van der Waals surface area contributed by atoms with Gasteiger partial charge in [0.1, 0.15) is 11.6 Å². The first-order valence-electron chi connectivity index (χ1n) is 8.22. The number of imidazole rings is 1. The van der Waals surface area contributed by atoms with Crippen molar-refractivity contribution in [3.8, 4) is 0 Å². The second-order valence-electron chi connectivity index (χ2n) is 6.40. The Morgan fingerprint density at radius 2 is 2.08 bits per heavy atom. The molecule has 1 N–H and O–H groups in total.